The van der Waals surface area contributed by atoms with E-state index in [-0.39, 0.29) is 11.1 Å². The highest BCUT2D eigenvalue weighted by Gasteiger charge is 2.42. The normalized spacial score (nSPS) is 18.9. The molecule has 1 aliphatic heterocycles. The van der Waals surface area contributed by atoms with E-state index >= 15 is 0 Å². The summed E-state index contributed by atoms with van der Waals surface area (Å²) in [6, 6.07) is 0. The molecule has 15 heavy (non-hydrogen) atoms. The number of likely N-dealkylation sites (tertiary alicyclic amines) is 1. The Morgan fingerprint density at radius 1 is 1.40 bits per heavy atom. The van der Waals surface area contributed by atoms with Crippen LogP contribution in [0.1, 0.15) is 20.8 Å². The largest absolute Gasteiger partial charge is 0.465 e. The van der Waals surface area contributed by atoms with Crippen LogP contribution in [0.25, 0.3) is 0 Å². The first-order valence-electron chi connectivity index (χ1n) is 5.29. The molecule has 0 bridgehead atoms. The molecule has 0 aromatic carbocycles. The Balaban J connectivity index is 2.42. The van der Waals surface area contributed by atoms with Gasteiger partial charge >= 0.3 is 6.09 Å². The first-order valence-corrected chi connectivity index (χ1v) is 8.20. The van der Waals surface area contributed by atoms with Gasteiger partial charge in [-0.3, -0.25) is 0 Å². The van der Waals surface area contributed by atoms with Crippen molar-refractivity contribution in [1.29, 1.82) is 0 Å². The van der Waals surface area contributed by atoms with Crippen molar-refractivity contribution in [3.8, 4) is 0 Å². The van der Waals surface area contributed by atoms with Crippen LogP contribution in [0.15, 0.2) is 0 Å². The van der Waals surface area contributed by atoms with Crippen molar-refractivity contribution < 1.29 is 14.3 Å². The molecule has 1 saturated heterocycles. The fraction of sp³-hybridized carbons (Fsp3) is 0.900. The Bertz CT molecular complexity index is 254. The van der Waals surface area contributed by atoms with Crippen LogP contribution in [0.2, 0.25) is 18.1 Å². The van der Waals surface area contributed by atoms with Crippen molar-refractivity contribution in [2.24, 2.45) is 0 Å². The van der Waals surface area contributed by atoms with E-state index in [9.17, 15) is 4.79 Å². The Hall–Kier alpha value is -0.553. The van der Waals surface area contributed by atoms with Gasteiger partial charge in [-0.15, -0.1) is 0 Å². The maximum atomic E-state index is 10.6. The highest BCUT2D eigenvalue weighted by molar-refractivity contribution is 6.74. The molecule has 0 atom stereocenters. The van der Waals surface area contributed by atoms with Crippen LogP contribution in [0.5, 0.6) is 0 Å². The lowest BCUT2D eigenvalue weighted by molar-refractivity contribution is 0.0173. The SMILES string of the molecule is CC(C)(C)[Si](C)(C)OC1CN(C(=O)O)C1. The van der Waals surface area contributed by atoms with Gasteiger partial charge in [-0.1, -0.05) is 20.8 Å². The minimum absolute atomic E-state index is 0.113. The molecular weight excluding hydrogens is 210 g/mol. The van der Waals surface area contributed by atoms with Crippen molar-refractivity contribution in [3.63, 3.8) is 0 Å². The van der Waals surface area contributed by atoms with E-state index in [1.807, 2.05) is 0 Å². The summed E-state index contributed by atoms with van der Waals surface area (Å²) in [7, 11) is -1.72. The van der Waals surface area contributed by atoms with E-state index in [2.05, 4.69) is 33.9 Å². The van der Waals surface area contributed by atoms with E-state index in [4.69, 9.17) is 9.53 Å². The molecule has 5 heteroatoms. The van der Waals surface area contributed by atoms with Gasteiger partial charge in [-0.2, -0.15) is 0 Å². The second-order valence-electron chi connectivity index (χ2n) is 5.69. The predicted octanol–water partition coefficient (Wildman–Crippen LogP) is 2.37. The van der Waals surface area contributed by atoms with E-state index in [1.54, 1.807) is 0 Å². The maximum absolute atomic E-state index is 10.6. The van der Waals surface area contributed by atoms with Crippen LogP contribution >= 0.6 is 0 Å². The lowest BCUT2D eigenvalue weighted by Gasteiger charge is -2.45. The van der Waals surface area contributed by atoms with Crippen LogP contribution in [0.4, 0.5) is 4.79 Å². The quantitative estimate of drug-likeness (QED) is 0.742. The van der Waals surface area contributed by atoms with Crippen LogP contribution < -0.4 is 0 Å². The van der Waals surface area contributed by atoms with E-state index in [0.717, 1.165) is 0 Å². The number of amides is 1. The lowest BCUT2D eigenvalue weighted by Crippen LogP contribution is -2.59. The third kappa shape index (κ3) is 2.72. The molecule has 0 aromatic rings. The van der Waals surface area contributed by atoms with Crippen molar-refractivity contribution in [2.75, 3.05) is 13.1 Å². The third-order valence-corrected chi connectivity index (χ3v) is 7.92. The van der Waals surface area contributed by atoms with E-state index in [1.165, 1.54) is 4.90 Å². The molecule has 0 spiro atoms. The minimum atomic E-state index is -1.72. The Labute approximate surface area is 92.4 Å². The fourth-order valence-corrected chi connectivity index (χ4v) is 2.60. The molecule has 1 heterocycles. The van der Waals surface area contributed by atoms with Crippen LogP contribution in [0, 0.1) is 0 Å². The summed E-state index contributed by atoms with van der Waals surface area (Å²) in [4.78, 5) is 12.0. The van der Waals surface area contributed by atoms with Gasteiger partial charge in [-0.25, -0.2) is 4.79 Å². The Morgan fingerprint density at radius 3 is 2.20 bits per heavy atom. The summed E-state index contributed by atoms with van der Waals surface area (Å²) in [5.41, 5.74) is 0. The molecule has 4 nitrogen and oxygen atoms in total. The fourth-order valence-electron chi connectivity index (χ4n) is 1.26. The molecule has 0 unspecified atom stereocenters. The summed E-state index contributed by atoms with van der Waals surface area (Å²) in [6.07, 6.45) is -0.730. The lowest BCUT2D eigenvalue weighted by atomic mass is 10.2. The number of nitrogens with zero attached hydrogens (tertiary/aromatic N) is 1. The average Bonchev–Trinajstić information content (AvgIpc) is 1.92. The summed E-state index contributed by atoms with van der Waals surface area (Å²) >= 11 is 0. The molecule has 1 fully saturated rings. The molecule has 1 aliphatic rings. The van der Waals surface area contributed by atoms with Gasteiger partial charge in [0, 0.05) is 0 Å². The third-order valence-electron chi connectivity index (χ3n) is 3.39. The molecule has 0 aliphatic carbocycles. The number of hydrogen-bond acceptors (Lipinski definition) is 2. The Kier molecular flexibility index (Phi) is 3.16. The van der Waals surface area contributed by atoms with Crippen molar-refractivity contribution in [1.82, 2.24) is 4.90 Å². The summed E-state index contributed by atoms with van der Waals surface area (Å²) in [5.74, 6) is 0. The zero-order chi connectivity index (χ0) is 11.9. The van der Waals surface area contributed by atoms with Gasteiger partial charge in [0.05, 0.1) is 19.2 Å². The van der Waals surface area contributed by atoms with Gasteiger partial charge in [-0.05, 0) is 18.1 Å². The zero-order valence-corrected chi connectivity index (χ0v) is 11.2. The average molecular weight is 231 g/mol. The molecule has 1 amide bonds. The molecule has 1 N–H and O–H groups in total. The second-order valence-corrected chi connectivity index (χ2v) is 10.4. The van der Waals surface area contributed by atoms with Crippen molar-refractivity contribution in [3.05, 3.63) is 0 Å². The van der Waals surface area contributed by atoms with Crippen LogP contribution in [-0.2, 0) is 4.43 Å². The van der Waals surface area contributed by atoms with Gasteiger partial charge < -0.3 is 14.4 Å². The van der Waals surface area contributed by atoms with Crippen LogP contribution in [0.3, 0.4) is 0 Å². The van der Waals surface area contributed by atoms with Crippen LogP contribution in [-0.4, -0.2) is 43.6 Å². The van der Waals surface area contributed by atoms with E-state index in [0.29, 0.717) is 13.1 Å². The van der Waals surface area contributed by atoms with Gasteiger partial charge in [0.2, 0.25) is 0 Å². The standard InChI is InChI=1S/C10H21NO3Si/c1-10(2,3)15(4,5)14-8-6-11(7-8)9(12)13/h8H,6-7H2,1-5H3,(H,12,13). The summed E-state index contributed by atoms with van der Waals surface area (Å²) in [6.45, 7) is 12.0. The highest BCUT2D eigenvalue weighted by Crippen LogP contribution is 2.38. The summed E-state index contributed by atoms with van der Waals surface area (Å²) < 4.78 is 6.05. The van der Waals surface area contributed by atoms with Gasteiger partial charge in [0.15, 0.2) is 8.32 Å². The number of carboxylic acid groups (broad SMARTS) is 1. The Morgan fingerprint density at radius 2 is 1.87 bits per heavy atom. The number of carbonyl (C=O) groups is 1. The smallest absolute Gasteiger partial charge is 0.407 e. The maximum Gasteiger partial charge on any atom is 0.407 e. The second kappa shape index (κ2) is 3.79. The molecule has 0 radical (unpaired) electrons. The minimum Gasteiger partial charge on any atom is -0.465 e. The molecule has 0 aromatic heterocycles. The number of rotatable bonds is 2. The zero-order valence-electron chi connectivity index (χ0n) is 10.2. The number of hydrogen-bond donors (Lipinski definition) is 1. The first kappa shape index (κ1) is 12.5. The topological polar surface area (TPSA) is 49.8 Å². The first-order chi connectivity index (χ1) is 6.63. The highest BCUT2D eigenvalue weighted by atomic mass is 28.4. The summed E-state index contributed by atoms with van der Waals surface area (Å²) in [5, 5.41) is 8.88. The molecular formula is C10H21NO3Si. The van der Waals surface area contributed by atoms with Gasteiger partial charge in [0.25, 0.3) is 0 Å². The van der Waals surface area contributed by atoms with Gasteiger partial charge in [0.1, 0.15) is 0 Å². The predicted molar refractivity (Wildman–Crippen MR) is 61.7 cm³/mol. The van der Waals surface area contributed by atoms with E-state index < -0.39 is 14.4 Å². The molecule has 1 rings (SSSR count). The van der Waals surface area contributed by atoms with Crippen molar-refractivity contribution >= 4 is 14.4 Å². The monoisotopic (exact) mass is 231 g/mol. The molecule has 88 valence electrons. The van der Waals surface area contributed by atoms with Crippen molar-refractivity contribution in [2.45, 2.75) is 45.0 Å². The molecule has 0 saturated carbocycles.